The summed E-state index contributed by atoms with van der Waals surface area (Å²) in [7, 11) is 0. The zero-order valence-electron chi connectivity index (χ0n) is 12.7. The van der Waals surface area contributed by atoms with Crippen molar-refractivity contribution in [3.8, 4) is 0 Å². The predicted molar refractivity (Wildman–Crippen MR) is 92.8 cm³/mol. The second-order valence-corrected chi connectivity index (χ2v) is 5.33. The van der Waals surface area contributed by atoms with Gasteiger partial charge in [0.2, 0.25) is 0 Å². The first kappa shape index (κ1) is 14.8. The fraction of sp³-hybridized carbons (Fsp3) is 0.111. The minimum atomic E-state index is -0.458. The van der Waals surface area contributed by atoms with Crippen LogP contribution in [-0.4, -0.2) is 10.9 Å². The Morgan fingerprint density at radius 3 is 2.61 bits per heavy atom. The number of nitrogen functional groups attached to an aromatic ring is 1. The number of hydrogen-bond donors (Lipinski definition) is 3. The summed E-state index contributed by atoms with van der Waals surface area (Å²) in [6, 6.07) is 14.3. The molecular weight excluding hydrogens is 290 g/mol. The van der Waals surface area contributed by atoms with Crippen LogP contribution in [-0.2, 0) is 6.42 Å². The second kappa shape index (κ2) is 5.96. The molecule has 23 heavy (non-hydrogen) atoms. The molecule has 0 fully saturated rings. The number of aromatic nitrogens is 1. The molecule has 0 aliphatic heterocycles. The van der Waals surface area contributed by atoms with Crippen LogP contribution in [0.25, 0.3) is 10.9 Å². The van der Waals surface area contributed by atoms with Crippen LogP contribution < -0.4 is 16.6 Å². The van der Waals surface area contributed by atoms with Gasteiger partial charge in [-0.25, -0.2) is 0 Å². The Labute approximate surface area is 133 Å². The summed E-state index contributed by atoms with van der Waals surface area (Å²) in [4.78, 5) is 27.2. The quantitative estimate of drug-likeness (QED) is 0.650. The maximum absolute atomic E-state index is 12.4. The fourth-order valence-electron chi connectivity index (χ4n) is 2.44. The number of anilines is 2. The van der Waals surface area contributed by atoms with Gasteiger partial charge in [-0.15, -0.1) is 0 Å². The van der Waals surface area contributed by atoms with Crippen LogP contribution in [0.4, 0.5) is 11.4 Å². The van der Waals surface area contributed by atoms with Gasteiger partial charge in [-0.3, -0.25) is 9.59 Å². The van der Waals surface area contributed by atoms with E-state index in [1.165, 1.54) is 11.6 Å². The number of aromatic amines is 1. The molecule has 1 amide bonds. The van der Waals surface area contributed by atoms with Crippen molar-refractivity contribution in [1.29, 1.82) is 0 Å². The summed E-state index contributed by atoms with van der Waals surface area (Å²) in [5, 5.41) is 3.39. The van der Waals surface area contributed by atoms with Crippen molar-refractivity contribution in [2.75, 3.05) is 11.1 Å². The lowest BCUT2D eigenvalue weighted by Crippen LogP contribution is -2.23. The number of aryl methyl sites for hydroxylation is 1. The van der Waals surface area contributed by atoms with Crippen LogP contribution in [0.1, 0.15) is 22.8 Å². The zero-order valence-corrected chi connectivity index (χ0v) is 12.7. The molecule has 4 N–H and O–H groups in total. The highest BCUT2D eigenvalue weighted by Gasteiger charge is 2.13. The third-order valence-corrected chi connectivity index (χ3v) is 3.79. The second-order valence-electron chi connectivity index (χ2n) is 5.33. The molecule has 0 radical (unpaired) electrons. The zero-order chi connectivity index (χ0) is 16.4. The maximum Gasteiger partial charge on any atom is 0.261 e. The normalized spacial score (nSPS) is 10.7. The summed E-state index contributed by atoms with van der Waals surface area (Å²) < 4.78 is 0. The van der Waals surface area contributed by atoms with Crippen molar-refractivity contribution in [1.82, 2.24) is 4.98 Å². The molecule has 5 nitrogen and oxygen atoms in total. The Balaban J connectivity index is 1.95. The molecule has 3 rings (SSSR count). The number of nitrogens with one attached hydrogen (secondary N) is 2. The number of carbonyl (C=O) groups excluding carboxylic acids is 1. The lowest BCUT2D eigenvalue weighted by molar-refractivity contribution is 0.102. The first-order valence-corrected chi connectivity index (χ1v) is 7.40. The van der Waals surface area contributed by atoms with Gasteiger partial charge in [-0.2, -0.15) is 0 Å². The lowest BCUT2D eigenvalue weighted by atomic mass is 10.1. The number of H-pyrrole nitrogens is 1. The third kappa shape index (κ3) is 2.94. The van der Waals surface area contributed by atoms with Gasteiger partial charge in [-0.1, -0.05) is 25.1 Å². The van der Waals surface area contributed by atoms with Gasteiger partial charge in [-0.05, 0) is 42.3 Å². The number of benzene rings is 2. The monoisotopic (exact) mass is 307 g/mol. The van der Waals surface area contributed by atoms with Crippen molar-refractivity contribution >= 4 is 28.2 Å². The Kier molecular flexibility index (Phi) is 3.85. The maximum atomic E-state index is 12.4. The summed E-state index contributed by atoms with van der Waals surface area (Å²) in [6.07, 6.45) is 0.928. The van der Waals surface area contributed by atoms with E-state index in [2.05, 4.69) is 17.2 Å². The summed E-state index contributed by atoms with van der Waals surface area (Å²) in [5.41, 5.74) is 8.45. The highest BCUT2D eigenvalue weighted by Crippen LogP contribution is 2.19. The molecule has 0 aliphatic rings. The highest BCUT2D eigenvalue weighted by atomic mass is 16.2. The van der Waals surface area contributed by atoms with Crippen LogP contribution in [0.3, 0.4) is 0 Å². The molecule has 5 heteroatoms. The third-order valence-electron chi connectivity index (χ3n) is 3.79. The van der Waals surface area contributed by atoms with Crippen LogP contribution in [0.15, 0.2) is 53.3 Å². The summed E-state index contributed by atoms with van der Waals surface area (Å²) >= 11 is 0. The van der Waals surface area contributed by atoms with Crippen molar-refractivity contribution in [3.63, 3.8) is 0 Å². The smallest absolute Gasteiger partial charge is 0.261 e. The minimum absolute atomic E-state index is 0.0370. The van der Waals surface area contributed by atoms with Crippen molar-refractivity contribution in [3.05, 3.63) is 70.0 Å². The summed E-state index contributed by atoms with van der Waals surface area (Å²) in [6.45, 7) is 2.06. The molecule has 2 aromatic carbocycles. The molecule has 3 aromatic rings. The molecule has 116 valence electrons. The molecule has 0 atom stereocenters. The molecule has 0 saturated carbocycles. The average Bonchev–Trinajstić information content (AvgIpc) is 2.55. The number of hydrogen-bond acceptors (Lipinski definition) is 3. The molecule has 0 aliphatic carbocycles. The van der Waals surface area contributed by atoms with Crippen molar-refractivity contribution in [2.24, 2.45) is 0 Å². The van der Waals surface area contributed by atoms with E-state index in [0.717, 1.165) is 6.42 Å². The SMILES string of the molecule is CCc1ccc(NC(=O)c2cc3c(N)cccc3[nH]c2=O)cc1. The molecule has 1 aromatic heterocycles. The first-order valence-electron chi connectivity index (χ1n) is 7.40. The van der Waals surface area contributed by atoms with Gasteiger partial charge in [0, 0.05) is 16.8 Å². The number of rotatable bonds is 3. The lowest BCUT2D eigenvalue weighted by Gasteiger charge is -2.07. The molecule has 0 spiro atoms. The van der Waals surface area contributed by atoms with E-state index in [9.17, 15) is 9.59 Å². The van der Waals surface area contributed by atoms with Crippen molar-refractivity contribution in [2.45, 2.75) is 13.3 Å². The average molecular weight is 307 g/mol. The standard InChI is InChI=1S/C18H17N3O2/c1-2-11-6-8-12(9-7-11)20-17(22)14-10-13-15(19)4-3-5-16(13)21-18(14)23/h3-10H,2,19H2,1H3,(H,20,22)(H,21,23). The molecular formula is C18H17N3O2. The van der Waals surface area contributed by atoms with E-state index >= 15 is 0 Å². The largest absolute Gasteiger partial charge is 0.398 e. The Bertz CT molecular complexity index is 927. The van der Waals surface area contributed by atoms with Crippen LogP contribution in [0.2, 0.25) is 0 Å². The van der Waals surface area contributed by atoms with Gasteiger partial charge in [0.05, 0.1) is 5.52 Å². The van der Waals surface area contributed by atoms with Gasteiger partial charge >= 0.3 is 0 Å². The molecule has 0 bridgehead atoms. The van der Waals surface area contributed by atoms with Crippen molar-refractivity contribution < 1.29 is 4.79 Å². The van der Waals surface area contributed by atoms with Gasteiger partial charge in [0.25, 0.3) is 11.5 Å². The number of fused-ring (bicyclic) bond motifs is 1. The van der Waals surface area contributed by atoms with Crippen LogP contribution >= 0.6 is 0 Å². The topological polar surface area (TPSA) is 88.0 Å². The highest BCUT2D eigenvalue weighted by molar-refractivity contribution is 6.06. The number of pyridine rings is 1. The predicted octanol–water partition coefficient (Wildman–Crippen LogP) is 2.93. The van der Waals surface area contributed by atoms with Gasteiger partial charge < -0.3 is 16.0 Å². The minimum Gasteiger partial charge on any atom is -0.398 e. The van der Waals surface area contributed by atoms with E-state index in [4.69, 9.17) is 5.73 Å². The number of carbonyl (C=O) groups is 1. The van der Waals surface area contributed by atoms with Crippen LogP contribution in [0, 0.1) is 0 Å². The number of nitrogens with two attached hydrogens (primary N) is 1. The van der Waals surface area contributed by atoms with E-state index in [1.54, 1.807) is 18.2 Å². The van der Waals surface area contributed by atoms with Crippen LogP contribution in [0.5, 0.6) is 0 Å². The van der Waals surface area contributed by atoms with E-state index < -0.39 is 11.5 Å². The number of amides is 1. The summed E-state index contributed by atoms with van der Waals surface area (Å²) in [5.74, 6) is -0.458. The fourth-order valence-corrected chi connectivity index (χ4v) is 2.44. The Hall–Kier alpha value is -3.08. The Morgan fingerprint density at radius 1 is 1.17 bits per heavy atom. The first-order chi connectivity index (χ1) is 11.1. The Morgan fingerprint density at radius 2 is 1.91 bits per heavy atom. The van der Waals surface area contributed by atoms with Gasteiger partial charge in [0.15, 0.2) is 0 Å². The van der Waals surface area contributed by atoms with E-state index in [-0.39, 0.29) is 5.56 Å². The van der Waals surface area contributed by atoms with E-state index in [0.29, 0.717) is 22.3 Å². The molecule has 1 heterocycles. The molecule has 0 saturated heterocycles. The molecule has 0 unspecified atom stereocenters. The van der Waals surface area contributed by atoms with Gasteiger partial charge in [0.1, 0.15) is 5.56 Å². The van der Waals surface area contributed by atoms with E-state index in [1.807, 2.05) is 24.3 Å².